The van der Waals surface area contributed by atoms with E-state index in [4.69, 9.17) is 28.3 Å². The number of hydrogen-bond acceptors (Lipinski definition) is 3. The van der Waals surface area contributed by atoms with Crippen LogP contribution in [0.4, 0.5) is 0 Å². The smallest absolute Gasteiger partial charge is 0.148 e. The largest absolute Gasteiger partial charge is 0.507 e. The number of aromatic nitrogens is 3. The van der Waals surface area contributed by atoms with E-state index in [2.05, 4.69) is 24.9 Å². The molecule has 0 fully saturated rings. The van der Waals surface area contributed by atoms with Crippen LogP contribution in [0.1, 0.15) is 132 Å². The molecule has 0 unspecified atom stereocenters. The number of para-hydroxylation sites is 2. The van der Waals surface area contributed by atoms with E-state index in [1.807, 2.05) is 69.3 Å². The van der Waals surface area contributed by atoms with Crippen molar-refractivity contribution >= 4 is 11.0 Å². The summed E-state index contributed by atoms with van der Waals surface area (Å²) in [7, 11) is 0. The zero-order chi connectivity index (χ0) is 57.8. The monoisotopic (exact) mass is 1010 g/mol. The molecule has 0 bridgehead atoms. The van der Waals surface area contributed by atoms with Crippen LogP contribution in [0.5, 0.6) is 5.75 Å². The molecule has 0 amide bonds. The van der Waals surface area contributed by atoms with Crippen molar-refractivity contribution < 1.29 is 49.5 Å². The second-order valence-electron chi connectivity index (χ2n) is 17.0. The second kappa shape index (κ2) is 17.3. The van der Waals surface area contributed by atoms with E-state index in [-0.39, 0.29) is 66.6 Å². The van der Waals surface area contributed by atoms with Crippen LogP contribution in [0.3, 0.4) is 0 Å². The first kappa shape index (κ1) is 27.5. The second-order valence-corrected chi connectivity index (χ2v) is 17.0. The van der Waals surface area contributed by atoms with Gasteiger partial charge >= 0.3 is 0 Å². The number of fused-ring (bicyclic) bond motifs is 1. The van der Waals surface area contributed by atoms with Gasteiger partial charge in [0.1, 0.15) is 11.6 Å². The first-order valence-corrected chi connectivity index (χ1v) is 20.2. The van der Waals surface area contributed by atoms with Gasteiger partial charge in [-0.15, -0.1) is 29.3 Å². The van der Waals surface area contributed by atoms with Crippen molar-refractivity contribution in [2.45, 2.75) is 98.5 Å². The Morgan fingerprint density at radius 3 is 2.11 bits per heavy atom. The molecule has 0 saturated heterocycles. The summed E-state index contributed by atoms with van der Waals surface area (Å²) in [6, 6.07) is 29.3. The molecule has 0 aliphatic carbocycles. The molecular weight excluding hydrogens is 938 g/mol. The molecule has 1 N–H and O–H groups in total. The first-order chi connectivity index (χ1) is 35.9. The molecular formula is C57H58N3OPt-. The van der Waals surface area contributed by atoms with E-state index in [1.54, 1.807) is 54.8 Å². The van der Waals surface area contributed by atoms with Crippen LogP contribution < -0.4 is 0 Å². The van der Waals surface area contributed by atoms with Gasteiger partial charge in [0.15, 0.2) is 0 Å². The van der Waals surface area contributed by atoms with Crippen LogP contribution in [0, 0.1) is 12.9 Å². The Balaban J connectivity index is 0.00000903. The molecule has 2 heterocycles. The summed E-state index contributed by atoms with van der Waals surface area (Å²) in [4.78, 5) is 9.85. The SMILES string of the molecule is [2H]c1c([2H])c(C(C([2H])([2H])[2H])(C([2H])([2H])[2H])C([2H])([2H])[2H])c([2H])c([2H])c1-c1ccnc(-c2[c-]c(-c3cccc4c3nc(-c3ccccc3O)n4-c3ccc(-c4c(C(C)C)cccc4C([2H])(C)C)cc3C([2H])([2H])[2H])cc(C(C)(C)C)c2)c1.[Pt]. The Morgan fingerprint density at radius 1 is 0.710 bits per heavy atom. The quantitative estimate of drug-likeness (QED) is 0.154. The maximum Gasteiger partial charge on any atom is 0.148 e. The van der Waals surface area contributed by atoms with Crippen LogP contribution in [0.2, 0.25) is 0 Å². The molecule has 0 radical (unpaired) electrons. The van der Waals surface area contributed by atoms with Crippen LogP contribution in [-0.2, 0) is 31.9 Å². The molecule has 8 rings (SSSR count). The van der Waals surface area contributed by atoms with E-state index in [1.165, 1.54) is 24.4 Å². The van der Waals surface area contributed by atoms with Gasteiger partial charge < -0.3 is 5.11 Å². The van der Waals surface area contributed by atoms with Crippen molar-refractivity contribution in [1.82, 2.24) is 14.5 Å². The van der Waals surface area contributed by atoms with Gasteiger partial charge in [0.25, 0.3) is 0 Å². The number of phenols is 1. The van der Waals surface area contributed by atoms with E-state index in [9.17, 15) is 5.11 Å². The standard InChI is InChI=1S/C57H58N3O.Pt/c1-35(2)45-17-14-18-46(36(3)4)53(45)40-24-27-50(37(5)30-40)60-51-20-15-19-47(54(51)59-55(60)48-16-12-13-21-52(48)61)41-31-42(33-44(32-41)57(9,10)11)49-34-39(28-29-58-49)38-22-25-43(26-23-38)56(6,7)8;/h12-30,32-36,61H,1-11H3;/q-1;/i5D3,6D3,7D3,8D3,22D,23D,25D,26D,35D;. The Morgan fingerprint density at radius 2 is 1.42 bits per heavy atom. The molecule has 0 saturated carbocycles. The predicted octanol–water partition coefficient (Wildman–Crippen LogP) is 15.4. The molecule has 0 spiro atoms. The Bertz CT molecular complexity index is 3590. The van der Waals surface area contributed by atoms with E-state index in [0.717, 1.165) is 22.3 Å². The average molecular weight is 1010 g/mol. The molecule has 8 aromatic rings. The number of pyridine rings is 1. The molecule has 0 aliphatic heterocycles. The van der Waals surface area contributed by atoms with E-state index >= 15 is 0 Å². The van der Waals surface area contributed by atoms with Gasteiger partial charge in [0, 0.05) is 50.8 Å². The number of aromatic hydroxyl groups is 1. The van der Waals surface area contributed by atoms with Crippen molar-refractivity contribution in [1.29, 1.82) is 0 Å². The summed E-state index contributed by atoms with van der Waals surface area (Å²) in [5, 5.41) is 11.5. The molecule has 318 valence electrons. The van der Waals surface area contributed by atoms with Gasteiger partial charge in [-0.25, -0.2) is 4.98 Å². The van der Waals surface area contributed by atoms with Gasteiger partial charge in [0.2, 0.25) is 0 Å². The molecule has 2 aromatic heterocycles. The van der Waals surface area contributed by atoms with Gasteiger partial charge in [-0.3, -0.25) is 9.55 Å². The van der Waals surface area contributed by atoms with Crippen molar-refractivity contribution in [2.24, 2.45) is 0 Å². The fourth-order valence-electron chi connectivity index (χ4n) is 7.74. The minimum atomic E-state index is -3.84. The number of phenolic OH excluding ortho intramolecular Hbond substituents is 1. The third kappa shape index (κ3) is 8.60. The van der Waals surface area contributed by atoms with Crippen molar-refractivity contribution in [2.75, 3.05) is 0 Å². The normalized spacial score (nSPS) is 17.0. The Hall–Kier alpha value is -5.57. The summed E-state index contributed by atoms with van der Waals surface area (Å²) < 4.78 is 148. The summed E-state index contributed by atoms with van der Waals surface area (Å²) in [5.41, 5.74) is 1.31. The maximum atomic E-state index is 11.5. The first-order valence-electron chi connectivity index (χ1n) is 28.7. The van der Waals surface area contributed by atoms with Gasteiger partial charge in [-0.2, -0.15) is 0 Å². The van der Waals surface area contributed by atoms with Crippen LogP contribution in [0.15, 0.2) is 133 Å². The summed E-state index contributed by atoms with van der Waals surface area (Å²) >= 11 is 0. The number of hydrogen-bond donors (Lipinski definition) is 1. The fourth-order valence-corrected chi connectivity index (χ4v) is 7.74. The maximum absolute atomic E-state index is 11.5. The van der Waals surface area contributed by atoms with Gasteiger partial charge in [0.05, 0.1) is 27.8 Å². The van der Waals surface area contributed by atoms with Crippen molar-refractivity contribution in [3.63, 3.8) is 0 Å². The number of aryl methyl sites for hydroxylation is 1. The minimum Gasteiger partial charge on any atom is -0.507 e. The number of rotatable bonds is 8. The third-order valence-corrected chi connectivity index (χ3v) is 11.0. The summed E-state index contributed by atoms with van der Waals surface area (Å²) in [5.74, 6) is -0.841. The van der Waals surface area contributed by atoms with Gasteiger partial charge in [-0.05, 0) is 110 Å². The Kier molecular flexibility index (Phi) is 7.67. The van der Waals surface area contributed by atoms with Crippen LogP contribution >= 0.6 is 0 Å². The van der Waals surface area contributed by atoms with Crippen molar-refractivity contribution in [3.8, 4) is 67.5 Å². The molecule has 0 atom stereocenters. The van der Waals surface area contributed by atoms with E-state index < -0.39 is 73.9 Å². The Labute approximate surface area is 407 Å². The third-order valence-electron chi connectivity index (χ3n) is 11.0. The summed E-state index contributed by atoms with van der Waals surface area (Å²) in [6.07, 6.45) is 1.37. The molecule has 4 nitrogen and oxygen atoms in total. The van der Waals surface area contributed by atoms with Crippen LogP contribution in [0.25, 0.3) is 72.7 Å². The van der Waals surface area contributed by atoms with E-state index in [0.29, 0.717) is 38.9 Å². The van der Waals surface area contributed by atoms with Crippen LogP contribution in [-0.4, -0.2) is 19.6 Å². The topological polar surface area (TPSA) is 50.9 Å². The summed E-state index contributed by atoms with van der Waals surface area (Å²) in [6.45, 7) is -0.467. The fraction of sp³-hybridized carbons (Fsp3) is 0.263. The minimum absolute atomic E-state index is 0. The molecule has 0 aliphatic rings. The predicted molar refractivity (Wildman–Crippen MR) is 257 cm³/mol. The number of imidazole rings is 1. The molecule has 62 heavy (non-hydrogen) atoms. The average Bonchev–Trinajstić information content (AvgIpc) is 3.87. The molecule has 5 heteroatoms. The molecule has 6 aromatic carbocycles. The van der Waals surface area contributed by atoms with Crippen molar-refractivity contribution in [3.05, 3.63) is 167 Å². The zero-order valence-electron chi connectivity index (χ0n) is 52.6. The van der Waals surface area contributed by atoms with Gasteiger partial charge in [-0.1, -0.05) is 159 Å². The zero-order valence-corrected chi connectivity index (χ0v) is 37.8. The number of benzene rings is 6. The number of nitrogens with zero attached hydrogens (tertiary/aromatic N) is 3.